The molecule has 0 saturated carbocycles. The van der Waals surface area contributed by atoms with E-state index in [4.69, 9.17) is 9.47 Å². The van der Waals surface area contributed by atoms with E-state index in [1.807, 2.05) is 60.7 Å². The number of methoxy groups -OCH3 is 2. The van der Waals surface area contributed by atoms with Crippen LogP contribution in [0.3, 0.4) is 0 Å². The molecule has 0 aliphatic carbocycles. The fraction of sp³-hybridized carbons (Fsp3) is 0.174. The van der Waals surface area contributed by atoms with Crippen LogP contribution >= 0.6 is 27.7 Å². The third-order valence-electron chi connectivity index (χ3n) is 4.36. The van der Waals surface area contributed by atoms with Gasteiger partial charge in [-0.3, -0.25) is 4.79 Å². The molecule has 3 aromatic rings. The molecule has 0 N–H and O–H groups in total. The fourth-order valence-electron chi connectivity index (χ4n) is 2.94. The summed E-state index contributed by atoms with van der Waals surface area (Å²) in [7, 11) is 3.25. The van der Waals surface area contributed by atoms with Crippen LogP contribution in [0.4, 0.5) is 5.69 Å². The van der Waals surface area contributed by atoms with Gasteiger partial charge in [0.2, 0.25) is 5.91 Å². The zero-order valence-electron chi connectivity index (χ0n) is 16.3. The van der Waals surface area contributed by atoms with Crippen LogP contribution < -0.4 is 14.4 Å². The molecule has 3 aromatic carbocycles. The average molecular weight is 472 g/mol. The van der Waals surface area contributed by atoms with Gasteiger partial charge in [0.1, 0.15) is 11.5 Å². The van der Waals surface area contributed by atoms with E-state index in [9.17, 15) is 4.79 Å². The number of nitrogens with zero attached hydrogens (tertiary/aromatic N) is 1. The number of alkyl halides is 1. The van der Waals surface area contributed by atoms with Gasteiger partial charge in [-0.2, -0.15) is 0 Å². The lowest BCUT2D eigenvalue weighted by Gasteiger charge is -2.25. The molecule has 3 rings (SSSR count). The van der Waals surface area contributed by atoms with Crippen molar-refractivity contribution in [1.82, 2.24) is 0 Å². The Hall–Kier alpha value is -2.44. The first-order valence-electron chi connectivity index (χ1n) is 9.05. The van der Waals surface area contributed by atoms with Crippen molar-refractivity contribution in [3.05, 3.63) is 78.4 Å². The summed E-state index contributed by atoms with van der Waals surface area (Å²) >= 11 is 4.96. The maximum absolute atomic E-state index is 12.9. The van der Waals surface area contributed by atoms with Crippen LogP contribution in [-0.4, -0.2) is 25.5 Å². The first kappa shape index (κ1) is 21.3. The first-order valence-corrected chi connectivity index (χ1v) is 11.0. The Kier molecular flexibility index (Phi) is 7.61. The Morgan fingerprint density at radius 2 is 1.69 bits per heavy atom. The van der Waals surface area contributed by atoms with Crippen molar-refractivity contribution < 1.29 is 14.3 Å². The lowest BCUT2D eigenvalue weighted by Crippen LogP contribution is -2.31. The molecule has 4 nitrogen and oxygen atoms in total. The van der Waals surface area contributed by atoms with Crippen molar-refractivity contribution >= 4 is 39.3 Å². The SMILES string of the molecule is COc1ccc(OC)c(CN(C(=O)CBr)c2ccccc2Sc2ccccc2)c1. The molecule has 0 saturated heterocycles. The summed E-state index contributed by atoms with van der Waals surface area (Å²) in [6.45, 7) is 0.372. The number of amides is 1. The number of hydrogen-bond donors (Lipinski definition) is 0. The Morgan fingerprint density at radius 3 is 2.38 bits per heavy atom. The largest absolute Gasteiger partial charge is 0.497 e. The normalized spacial score (nSPS) is 10.4. The van der Waals surface area contributed by atoms with Gasteiger partial charge in [0.15, 0.2) is 0 Å². The summed E-state index contributed by atoms with van der Waals surface area (Å²) in [6.07, 6.45) is 0. The number of para-hydroxylation sites is 1. The summed E-state index contributed by atoms with van der Waals surface area (Å²) < 4.78 is 10.9. The van der Waals surface area contributed by atoms with E-state index in [2.05, 4.69) is 28.1 Å². The Balaban J connectivity index is 2.00. The van der Waals surface area contributed by atoms with E-state index in [1.165, 1.54) is 0 Å². The zero-order chi connectivity index (χ0) is 20.6. The molecule has 0 aliphatic rings. The van der Waals surface area contributed by atoms with Crippen molar-refractivity contribution in [2.75, 3.05) is 24.4 Å². The third-order valence-corrected chi connectivity index (χ3v) is 5.91. The second-order valence-electron chi connectivity index (χ2n) is 6.17. The summed E-state index contributed by atoms with van der Waals surface area (Å²) in [5.74, 6) is 1.40. The molecule has 6 heteroatoms. The molecule has 0 bridgehead atoms. The molecule has 0 fully saturated rings. The maximum atomic E-state index is 12.9. The Labute approximate surface area is 184 Å². The lowest BCUT2D eigenvalue weighted by atomic mass is 10.1. The number of anilines is 1. The van der Waals surface area contributed by atoms with Crippen LogP contribution in [0.5, 0.6) is 11.5 Å². The highest BCUT2D eigenvalue weighted by Gasteiger charge is 2.20. The second kappa shape index (κ2) is 10.4. The third kappa shape index (κ3) is 5.34. The standard InChI is InChI=1S/C23H22BrNO3S/c1-27-18-12-13-21(28-2)17(14-18)16-25(23(26)15-24)20-10-6-7-11-22(20)29-19-8-4-3-5-9-19/h3-14H,15-16H2,1-2H3. The summed E-state index contributed by atoms with van der Waals surface area (Å²) in [5, 5.41) is 0.226. The van der Waals surface area contributed by atoms with Crippen LogP contribution in [0, 0.1) is 0 Å². The molecular weight excluding hydrogens is 450 g/mol. The van der Waals surface area contributed by atoms with E-state index in [1.54, 1.807) is 30.9 Å². The van der Waals surface area contributed by atoms with Gasteiger partial charge in [0.05, 0.1) is 31.8 Å². The molecule has 1 amide bonds. The molecule has 0 spiro atoms. The van der Waals surface area contributed by atoms with Gasteiger partial charge in [-0.15, -0.1) is 0 Å². The monoisotopic (exact) mass is 471 g/mol. The highest BCUT2D eigenvalue weighted by atomic mass is 79.9. The molecule has 0 heterocycles. The number of benzene rings is 3. The van der Waals surface area contributed by atoms with Gasteiger partial charge >= 0.3 is 0 Å². The van der Waals surface area contributed by atoms with Gasteiger partial charge in [-0.25, -0.2) is 0 Å². The predicted molar refractivity (Wildman–Crippen MR) is 122 cm³/mol. The molecular formula is C23H22BrNO3S. The smallest absolute Gasteiger partial charge is 0.237 e. The summed E-state index contributed by atoms with van der Waals surface area (Å²) in [6, 6.07) is 23.7. The van der Waals surface area contributed by atoms with E-state index in [0.29, 0.717) is 12.3 Å². The lowest BCUT2D eigenvalue weighted by molar-refractivity contribution is -0.116. The van der Waals surface area contributed by atoms with Crippen LogP contribution in [0.15, 0.2) is 82.6 Å². The zero-order valence-corrected chi connectivity index (χ0v) is 18.7. The predicted octanol–water partition coefficient (Wildman–Crippen LogP) is 5.78. The number of carbonyl (C=O) groups excluding carboxylic acids is 1. The van der Waals surface area contributed by atoms with Crippen LogP contribution in [0.1, 0.15) is 5.56 Å². The molecule has 0 unspecified atom stereocenters. The Bertz CT molecular complexity index is 965. The minimum atomic E-state index is -0.0315. The summed E-state index contributed by atoms with van der Waals surface area (Å²) in [5.41, 5.74) is 1.73. The van der Waals surface area contributed by atoms with E-state index < -0.39 is 0 Å². The van der Waals surface area contributed by atoms with Crippen LogP contribution in [0.25, 0.3) is 0 Å². The molecule has 150 valence electrons. The van der Waals surface area contributed by atoms with E-state index >= 15 is 0 Å². The fourth-order valence-corrected chi connectivity index (χ4v) is 4.22. The maximum Gasteiger partial charge on any atom is 0.237 e. The van der Waals surface area contributed by atoms with Gasteiger partial charge in [0.25, 0.3) is 0 Å². The first-order chi connectivity index (χ1) is 14.2. The quantitative estimate of drug-likeness (QED) is 0.390. The molecule has 29 heavy (non-hydrogen) atoms. The molecule has 0 radical (unpaired) electrons. The minimum Gasteiger partial charge on any atom is -0.497 e. The number of hydrogen-bond acceptors (Lipinski definition) is 4. The van der Waals surface area contributed by atoms with Gasteiger partial charge in [0, 0.05) is 15.4 Å². The Morgan fingerprint density at radius 1 is 0.966 bits per heavy atom. The second-order valence-corrected chi connectivity index (χ2v) is 7.85. The number of carbonyl (C=O) groups is 1. The molecule has 0 atom stereocenters. The van der Waals surface area contributed by atoms with Crippen molar-refractivity contribution in [3.63, 3.8) is 0 Å². The van der Waals surface area contributed by atoms with Crippen LogP contribution in [-0.2, 0) is 11.3 Å². The van der Waals surface area contributed by atoms with E-state index in [0.717, 1.165) is 26.8 Å². The van der Waals surface area contributed by atoms with Crippen molar-refractivity contribution in [3.8, 4) is 11.5 Å². The van der Waals surface area contributed by atoms with Gasteiger partial charge in [-0.05, 0) is 42.5 Å². The summed E-state index contributed by atoms with van der Waals surface area (Å²) in [4.78, 5) is 16.8. The van der Waals surface area contributed by atoms with Crippen molar-refractivity contribution in [1.29, 1.82) is 0 Å². The van der Waals surface area contributed by atoms with E-state index in [-0.39, 0.29) is 11.2 Å². The van der Waals surface area contributed by atoms with Gasteiger partial charge < -0.3 is 14.4 Å². The number of halogens is 1. The molecule has 0 aliphatic heterocycles. The topological polar surface area (TPSA) is 38.8 Å². The number of rotatable bonds is 8. The highest BCUT2D eigenvalue weighted by molar-refractivity contribution is 9.09. The average Bonchev–Trinajstić information content (AvgIpc) is 2.78. The van der Waals surface area contributed by atoms with Crippen LogP contribution in [0.2, 0.25) is 0 Å². The minimum absolute atomic E-state index is 0.0315. The van der Waals surface area contributed by atoms with Gasteiger partial charge in [-0.1, -0.05) is 58.0 Å². The van der Waals surface area contributed by atoms with Crippen molar-refractivity contribution in [2.24, 2.45) is 0 Å². The number of ether oxygens (including phenoxy) is 2. The molecule has 0 aromatic heterocycles. The highest BCUT2D eigenvalue weighted by Crippen LogP contribution is 2.37. The van der Waals surface area contributed by atoms with Crippen molar-refractivity contribution in [2.45, 2.75) is 16.3 Å².